The van der Waals surface area contributed by atoms with Crippen LogP contribution in [0, 0.1) is 20.8 Å². The zero-order valence-corrected chi connectivity index (χ0v) is 16.8. The molecule has 0 saturated heterocycles. The third-order valence-electron chi connectivity index (χ3n) is 4.33. The highest BCUT2D eigenvalue weighted by Gasteiger charge is 2.11. The summed E-state index contributed by atoms with van der Waals surface area (Å²) in [5, 5.41) is 6.98. The van der Waals surface area contributed by atoms with Crippen molar-refractivity contribution in [2.45, 2.75) is 20.8 Å². The zero-order valence-electron chi connectivity index (χ0n) is 15.2. The first kappa shape index (κ1) is 18.8. The summed E-state index contributed by atoms with van der Waals surface area (Å²) in [6.07, 6.45) is 1.36. The Kier molecular flexibility index (Phi) is 5.41. The van der Waals surface area contributed by atoms with E-state index in [9.17, 15) is 9.59 Å². The summed E-state index contributed by atoms with van der Waals surface area (Å²) in [4.78, 5) is 24.8. The molecule has 0 radical (unpaired) electrons. The first-order chi connectivity index (χ1) is 12.9. The minimum absolute atomic E-state index is 0.225. The number of aromatic amines is 1. The molecule has 1 heterocycles. The van der Waals surface area contributed by atoms with Crippen molar-refractivity contribution in [2.24, 2.45) is 5.10 Å². The average Bonchev–Trinajstić information content (AvgIpc) is 2.92. The van der Waals surface area contributed by atoms with E-state index in [0.29, 0.717) is 16.8 Å². The monoisotopic (exact) mass is 426 g/mol. The van der Waals surface area contributed by atoms with Crippen molar-refractivity contribution in [2.75, 3.05) is 0 Å². The minimum Gasteiger partial charge on any atom is -0.295 e. The van der Waals surface area contributed by atoms with Gasteiger partial charge in [0.2, 0.25) is 0 Å². The largest absolute Gasteiger partial charge is 0.295 e. The van der Waals surface area contributed by atoms with Crippen LogP contribution in [0.25, 0.3) is 5.69 Å². The van der Waals surface area contributed by atoms with E-state index < -0.39 is 0 Å². The zero-order chi connectivity index (χ0) is 19.6. The highest BCUT2D eigenvalue weighted by Crippen LogP contribution is 2.13. The molecule has 1 aromatic heterocycles. The van der Waals surface area contributed by atoms with Crippen LogP contribution >= 0.6 is 15.9 Å². The van der Waals surface area contributed by atoms with Gasteiger partial charge in [0, 0.05) is 15.7 Å². The second-order valence-corrected chi connectivity index (χ2v) is 7.18. The molecule has 2 N–H and O–H groups in total. The number of benzene rings is 2. The molecule has 0 atom stereocenters. The van der Waals surface area contributed by atoms with Gasteiger partial charge in [-0.25, -0.2) is 10.1 Å². The van der Waals surface area contributed by atoms with Gasteiger partial charge in [0.25, 0.3) is 11.5 Å². The molecule has 0 fully saturated rings. The molecule has 0 unspecified atom stereocenters. The predicted octanol–water partition coefficient (Wildman–Crippen LogP) is 3.62. The van der Waals surface area contributed by atoms with Gasteiger partial charge < -0.3 is 0 Å². The molecule has 3 rings (SSSR count). The number of H-pyrrole nitrogens is 1. The van der Waals surface area contributed by atoms with E-state index >= 15 is 0 Å². The third kappa shape index (κ3) is 4.09. The van der Waals surface area contributed by atoms with Crippen LogP contribution in [0.3, 0.4) is 0 Å². The maximum absolute atomic E-state index is 12.7. The molecule has 0 spiro atoms. The van der Waals surface area contributed by atoms with E-state index in [1.807, 2.05) is 32.0 Å². The number of carbonyl (C=O) groups is 1. The lowest BCUT2D eigenvalue weighted by Gasteiger charge is -2.05. The molecule has 27 heavy (non-hydrogen) atoms. The van der Waals surface area contributed by atoms with Gasteiger partial charge in [-0.05, 0) is 68.3 Å². The molecular formula is C20H19BrN4O2. The van der Waals surface area contributed by atoms with E-state index in [2.05, 4.69) is 31.6 Å². The second-order valence-electron chi connectivity index (χ2n) is 6.27. The van der Waals surface area contributed by atoms with Gasteiger partial charge in [0.05, 0.1) is 17.5 Å². The van der Waals surface area contributed by atoms with Gasteiger partial charge in [-0.2, -0.15) is 5.10 Å². The molecule has 3 aromatic rings. The number of amides is 1. The molecule has 0 aliphatic carbocycles. The van der Waals surface area contributed by atoms with E-state index in [1.54, 1.807) is 31.2 Å². The second kappa shape index (κ2) is 7.75. The standard InChI is InChI=1S/C20H19BrN4O2/c1-12-4-9-17(10-13(12)2)25-20(27)18(14(3)24-25)11-22-23-19(26)15-5-7-16(21)8-6-15/h4-11,24H,1-3H3,(H,23,26)/b22-11+. The first-order valence-corrected chi connectivity index (χ1v) is 9.14. The van der Waals surface area contributed by atoms with Crippen molar-refractivity contribution in [3.63, 3.8) is 0 Å². The number of nitrogens with one attached hydrogen (secondary N) is 2. The molecule has 1 amide bonds. The number of aryl methyl sites for hydroxylation is 3. The number of rotatable bonds is 4. The Hall–Kier alpha value is -2.93. The lowest BCUT2D eigenvalue weighted by atomic mass is 10.1. The van der Waals surface area contributed by atoms with Crippen molar-refractivity contribution in [1.82, 2.24) is 15.2 Å². The summed E-state index contributed by atoms with van der Waals surface area (Å²) < 4.78 is 2.36. The summed E-state index contributed by atoms with van der Waals surface area (Å²) in [6, 6.07) is 12.7. The Morgan fingerprint density at radius 1 is 1.11 bits per heavy atom. The average molecular weight is 427 g/mol. The number of halogens is 1. The van der Waals surface area contributed by atoms with E-state index in [0.717, 1.165) is 21.3 Å². The maximum Gasteiger partial charge on any atom is 0.280 e. The normalized spacial score (nSPS) is 11.1. The van der Waals surface area contributed by atoms with Crippen LogP contribution in [-0.2, 0) is 0 Å². The highest BCUT2D eigenvalue weighted by molar-refractivity contribution is 9.10. The lowest BCUT2D eigenvalue weighted by molar-refractivity contribution is 0.0955. The highest BCUT2D eigenvalue weighted by atomic mass is 79.9. The van der Waals surface area contributed by atoms with Crippen molar-refractivity contribution < 1.29 is 4.79 Å². The molecule has 0 bridgehead atoms. The van der Waals surface area contributed by atoms with Gasteiger partial charge in [0.1, 0.15) is 0 Å². The van der Waals surface area contributed by atoms with Gasteiger partial charge in [0.15, 0.2) is 0 Å². The smallest absolute Gasteiger partial charge is 0.280 e. The Bertz CT molecular complexity index is 1080. The molecule has 7 heteroatoms. The molecule has 0 aliphatic heterocycles. The lowest BCUT2D eigenvalue weighted by Crippen LogP contribution is -2.20. The topological polar surface area (TPSA) is 79.2 Å². The summed E-state index contributed by atoms with van der Waals surface area (Å²) in [6.45, 7) is 5.81. The van der Waals surface area contributed by atoms with Gasteiger partial charge in [-0.1, -0.05) is 22.0 Å². The van der Waals surface area contributed by atoms with Crippen LogP contribution in [0.5, 0.6) is 0 Å². The van der Waals surface area contributed by atoms with E-state index in [4.69, 9.17) is 0 Å². The number of hydrazone groups is 1. The Morgan fingerprint density at radius 2 is 1.81 bits per heavy atom. The summed E-state index contributed by atoms with van der Waals surface area (Å²) in [5.74, 6) is -0.346. The fourth-order valence-corrected chi connectivity index (χ4v) is 2.84. The fourth-order valence-electron chi connectivity index (χ4n) is 2.58. The van der Waals surface area contributed by atoms with E-state index in [1.165, 1.54) is 10.9 Å². The summed E-state index contributed by atoms with van der Waals surface area (Å²) >= 11 is 3.32. The third-order valence-corrected chi connectivity index (χ3v) is 4.86. The molecule has 2 aromatic carbocycles. The van der Waals surface area contributed by atoms with Crippen molar-refractivity contribution in [3.8, 4) is 5.69 Å². The SMILES string of the molecule is Cc1ccc(-n2[nH]c(C)c(/C=N/NC(=O)c3ccc(Br)cc3)c2=O)cc1C. The Labute approximate surface area is 165 Å². The molecular weight excluding hydrogens is 408 g/mol. The minimum atomic E-state index is -0.346. The molecule has 138 valence electrons. The van der Waals surface area contributed by atoms with Crippen LogP contribution in [-0.4, -0.2) is 21.9 Å². The number of hydrogen-bond donors (Lipinski definition) is 2. The number of nitrogens with zero attached hydrogens (tertiary/aromatic N) is 2. The molecule has 0 saturated carbocycles. The van der Waals surface area contributed by atoms with Crippen molar-refractivity contribution >= 4 is 28.1 Å². The van der Waals surface area contributed by atoms with Crippen LogP contribution in [0.1, 0.15) is 32.7 Å². The first-order valence-electron chi connectivity index (χ1n) is 8.35. The maximum atomic E-state index is 12.7. The van der Waals surface area contributed by atoms with E-state index in [-0.39, 0.29) is 11.5 Å². The predicted molar refractivity (Wildman–Crippen MR) is 110 cm³/mol. The van der Waals surface area contributed by atoms with Crippen LogP contribution < -0.4 is 11.0 Å². The van der Waals surface area contributed by atoms with Gasteiger partial charge in [-0.3, -0.25) is 14.7 Å². The van der Waals surface area contributed by atoms with Crippen LogP contribution in [0.2, 0.25) is 0 Å². The number of hydrogen-bond acceptors (Lipinski definition) is 3. The molecule has 0 aliphatic rings. The number of aromatic nitrogens is 2. The molecule has 6 nitrogen and oxygen atoms in total. The van der Waals surface area contributed by atoms with Crippen LogP contribution in [0.4, 0.5) is 0 Å². The van der Waals surface area contributed by atoms with Crippen molar-refractivity contribution in [3.05, 3.63) is 85.2 Å². The quantitative estimate of drug-likeness (QED) is 0.493. The van der Waals surface area contributed by atoms with Crippen molar-refractivity contribution in [1.29, 1.82) is 0 Å². The van der Waals surface area contributed by atoms with Gasteiger partial charge in [-0.15, -0.1) is 0 Å². The number of carbonyl (C=O) groups excluding carboxylic acids is 1. The van der Waals surface area contributed by atoms with Crippen LogP contribution in [0.15, 0.2) is 56.8 Å². The Balaban J connectivity index is 1.81. The Morgan fingerprint density at radius 3 is 2.48 bits per heavy atom. The fraction of sp³-hybridized carbons (Fsp3) is 0.150. The summed E-state index contributed by atoms with van der Waals surface area (Å²) in [5.41, 5.74) is 6.77. The summed E-state index contributed by atoms with van der Waals surface area (Å²) in [7, 11) is 0. The van der Waals surface area contributed by atoms with Gasteiger partial charge >= 0.3 is 0 Å².